The van der Waals surface area contributed by atoms with Crippen LogP contribution >= 0.6 is 0 Å². The van der Waals surface area contributed by atoms with Gasteiger partial charge in [-0.25, -0.2) is 4.79 Å². The van der Waals surface area contributed by atoms with Gasteiger partial charge in [0.25, 0.3) is 0 Å². The monoisotopic (exact) mass is 318 g/mol. The van der Waals surface area contributed by atoms with Crippen LogP contribution in [0.1, 0.15) is 13.3 Å². The summed E-state index contributed by atoms with van der Waals surface area (Å²) in [6, 6.07) is -2.72. The van der Waals surface area contributed by atoms with E-state index in [-0.39, 0.29) is 6.54 Å². The lowest BCUT2D eigenvalue weighted by atomic mass is 10.2. The Kier molecular flexibility index (Phi) is 8.15. The van der Waals surface area contributed by atoms with Crippen molar-refractivity contribution in [2.45, 2.75) is 25.4 Å². The van der Waals surface area contributed by atoms with Crippen molar-refractivity contribution >= 4 is 29.7 Å². The molecule has 124 valence electrons. The summed E-state index contributed by atoms with van der Waals surface area (Å²) in [6.45, 7) is 0.585. The van der Waals surface area contributed by atoms with Crippen molar-refractivity contribution in [3.8, 4) is 0 Å². The first-order chi connectivity index (χ1) is 10.2. The van der Waals surface area contributed by atoms with Crippen molar-refractivity contribution in [1.29, 1.82) is 0 Å². The van der Waals surface area contributed by atoms with E-state index in [0.717, 1.165) is 0 Å². The number of hydrogen-bond acceptors (Lipinski definition) is 6. The first-order valence-electron chi connectivity index (χ1n) is 6.18. The topological polar surface area (TPSA) is 188 Å². The van der Waals surface area contributed by atoms with Gasteiger partial charge in [-0.1, -0.05) is 0 Å². The van der Waals surface area contributed by atoms with Gasteiger partial charge < -0.3 is 31.9 Å². The number of amides is 3. The predicted molar refractivity (Wildman–Crippen MR) is 71.5 cm³/mol. The van der Waals surface area contributed by atoms with Crippen molar-refractivity contribution in [1.82, 2.24) is 16.0 Å². The average molecular weight is 318 g/mol. The standard InChI is InChI=1S/C11H18N4O7/c1-5(14-8(17)4-13-7(16)3-12)10(20)15-6(11(21)22)2-9(18)19/h5-6H,2-4,12H2,1H3,(H,13,16)(H,14,17)(H,15,20)(H,18,19)(H,21,22)/t5-,6-/m0/s1. The summed E-state index contributed by atoms with van der Waals surface area (Å²) in [4.78, 5) is 55.2. The Hall–Kier alpha value is -2.69. The lowest BCUT2D eigenvalue weighted by Crippen LogP contribution is -2.52. The summed E-state index contributed by atoms with van der Waals surface area (Å²) in [5.41, 5.74) is 5.02. The van der Waals surface area contributed by atoms with E-state index in [1.807, 2.05) is 5.32 Å². The molecular formula is C11H18N4O7. The van der Waals surface area contributed by atoms with Crippen molar-refractivity contribution in [3.05, 3.63) is 0 Å². The number of aliphatic carboxylic acids is 2. The van der Waals surface area contributed by atoms with Gasteiger partial charge in [0.15, 0.2) is 0 Å². The first-order valence-corrected chi connectivity index (χ1v) is 6.18. The summed E-state index contributed by atoms with van der Waals surface area (Å²) in [6.07, 6.45) is -0.797. The highest BCUT2D eigenvalue weighted by Crippen LogP contribution is 1.94. The minimum absolute atomic E-state index is 0.293. The van der Waals surface area contributed by atoms with Gasteiger partial charge in [-0.2, -0.15) is 0 Å². The largest absolute Gasteiger partial charge is 0.481 e. The smallest absolute Gasteiger partial charge is 0.326 e. The van der Waals surface area contributed by atoms with Gasteiger partial charge >= 0.3 is 11.9 Å². The molecule has 0 saturated heterocycles. The zero-order valence-electron chi connectivity index (χ0n) is 11.8. The number of nitrogens with one attached hydrogen (secondary N) is 3. The third-order valence-corrected chi connectivity index (χ3v) is 2.40. The molecule has 0 aliphatic carbocycles. The first kappa shape index (κ1) is 19.3. The lowest BCUT2D eigenvalue weighted by molar-refractivity contribution is -0.147. The molecule has 0 radical (unpaired) electrons. The maximum absolute atomic E-state index is 11.7. The van der Waals surface area contributed by atoms with Crippen LogP contribution in [0.25, 0.3) is 0 Å². The maximum Gasteiger partial charge on any atom is 0.326 e. The molecule has 0 rings (SSSR count). The summed E-state index contributed by atoms with van der Waals surface area (Å²) >= 11 is 0. The zero-order valence-corrected chi connectivity index (χ0v) is 11.8. The number of carbonyl (C=O) groups excluding carboxylic acids is 3. The van der Waals surface area contributed by atoms with Crippen LogP contribution in [0.3, 0.4) is 0 Å². The Morgan fingerprint density at radius 3 is 2.09 bits per heavy atom. The van der Waals surface area contributed by atoms with Crippen LogP contribution in [0.4, 0.5) is 0 Å². The summed E-state index contributed by atoms with van der Waals surface area (Å²) in [5, 5.41) is 23.7. The van der Waals surface area contributed by atoms with Gasteiger partial charge in [0.05, 0.1) is 19.5 Å². The van der Waals surface area contributed by atoms with Gasteiger partial charge in [-0.05, 0) is 6.92 Å². The van der Waals surface area contributed by atoms with Gasteiger partial charge in [0.2, 0.25) is 17.7 Å². The van der Waals surface area contributed by atoms with Crippen LogP contribution in [0.5, 0.6) is 0 Å². The number of nitrogens with two attached hydrogens (primary N) is 1. The SMILES string of the molecule is C[C@H](NC(=O)CNC(=O)CN)C(=O)N[C@@H](CC(=O)O)C(=O)O. The van der Waals surface area contributed by atoms with Crippen LogP contribution < -0.4 is 21.7 Å². The molecule has 0 heterocycles. The second-order valence-electron chi connectivity index (χ2n) is 4.27. The van der Waals surface area contributed by atoms with E-state index < -0.39 is 54.7 Å². The van der Waals surface area contributed by atoms with E-state index in [9.17, 15) is 24.0 Å². The number of carboxylic acid groups (broad SMARTS) is 2. The molecular weight excluding hydrogens is 300 g/mol. The van der Waals surface area contributed by atoms with Crippen LogP contribution in [-0.4, -0.2) is 65.0 Å². The molecule has 0 unspecified atom stereocenters. The highest BCUT2D eigenvalue weighted by atomic mass is 16.4. The Bertz CT molecular complexity index is 465. The Balaban J connectivity index is 4.40. The Labute approximate surface area is 125 Å². The third kappa shape index (κ3) is 7.79. The third-order valence-electron chi connectivity index (χ3n) is 2.40. The molecule has 0 aliphatic heterocycles. The molecule has 0 aromatic carbocycles. The van der Waals surface area contributed by atoms with Gasteiger partial charge in [0.1, 0.15) is 12.1 Å². The molecule has 0 spiro atoms. The average Bonchev–Trinajstić information content (AvgIpc) is 2.43. The maximum atomic E-state index is 11.7. The van der Waals surface area contributed by atoms with E-state index >= 15 is 0 Å². The molecule has 3 amide bonds. The number of carboxylic acids is 2. The molecule has 7 N–H and O–H groups in total. The summed E-state index contributed by atoms with van der Waals surface area (Å²) < 4.78 is 0. The highest BCUT2D eigenvalue weighted by Gasteiger charge is 2.25. The molecule has 0 fully saturated rings. The zero-order chi connectivity index (χ0) is 17.3. The number of rotatable bonds is 9. The van der Waals surface area contributed by atoms with Crippen molar-refractivity contribution in [2.75, 3.05) is 13.1 Å². The predicted octanol–water partition coefficient (Wildman–Crippen LogP) is -3.39. The van der Waals surface area contributed by atoms with Gasteiger partial charge in [0, 0.05) is 0 Å². The minimum Gasteiger partial charge on any atom is -0.481 e. The van der Waals surface area contributed by atoms with E-state index in [4.69, 9.17) is 15.9 Å². The van der Waals surface area contributed by atoms with E-state index in [2.05, 4.69) is 10.6 Å². The molecule has 11 heteroatoms. The molecule has 22 heavy (non-hydrogen) atoms. The van der Waals surface area contributed by atoms with E-state index in [1.165, 1.54) is 6.92 Å². The van der Waals surface area contributed by atoms with Gasteiger partial charge in [-0.3, -0.25) is 19.2 Å². The molecule has 2 atom stereocenters. The normalized spacial score (nSPS) is 12.6. The van der Waals surface area contributed by atoms with E-state index in [1.54, 1.807) is 0 Å². The van der Waals surface area contributed by atoms with Crippen LogP contribution in [0, 0.1) is 0 Å². The molecule has 11 nitrogen and oxygen atoms in total. The summed E-state index contributed by atoms with van der Waals surface area (Å²) in [7, 11) is 0. The van der Waals surface area contributed by atoms with Crippen LogP contribution in [0.2, 0.25) is 0 Å². The lowest BCUT2D eigenvalue weighted by Gasteiger charge is -2.17. The second kappa shape index (κ2) is 9.28. The number of hydrogen-bond donors (Lipinski definition) is 6. The molecule has 0 aromatic rings. The highest BCUT2D eigenvalue weighted by molar-refractivity contribution is 5.92. The fourth-order valence-electron chi connectivity index (χ4n) is 1.28. The van der Waals surface area contributed by atoms with E-state index in [0.29, 0.717) is 0 Å². The van der Waals surface area contributed by atoms with Crippen molar-refractivity contribution in [2.24, 2.45) is 5.73 Å². The number of carbonyl (C=O) groups is 5. The van der Waals surface area contributed by atoms with Crippen molar-refractivity contribution < 1.29 is 34.2 Å². The Morgan fingerprint density at radius 1 is 1.05 bits per heavy atom. The quantitative estimate of drug-likeness (QED) is 0.254. The summed E-state index contributed by atoms with van der Waals surface area (Å²) in [5.74, 6) is -5.01. The fourth-order valence-corrected chi connectivity index (χ4v) is 1.28. The van der Waals surface area contributed by atoms with Gasteiger partial charge in [-0.15, -0.1) is 0 Å². The van der Waals surface area contributed by atoms with Crippen LogP contribution in [-0.2, 0) is 24.0 Å². The molecule has 0 aliphatic rings. The molecule has 0 bridgehead atoms. The van der Waals surface area contributed by atoms with Crippen molar-refractivity contribution in [3.63, 3.8) is 0 Å². The Morgan fingerprint density at radius 2 is 1.64 bits per heavy atom. The molecule has 0 saturated carbocycles. The fraction of sp³-hybridized carbons (Fsp3) is 0.545. The molecule has 0 aromatic heterocycles. The van der Waals surface area contributed by atoms with Crippen LogP contribution in [0.15, 0.2) is 0 Å². The minimum atomic E-state index is -1.61. The second-order valence-corrected chi connectivity index (χ2v) is 4.27.